The fraction of sp³-hybridized carbons (Fsp3) is 0.333. The van der Waals surface area contributed by atoms with Gasteiger partial charge in [-0.2, -0.15) is 0 Å². The highest BCUT2D eigenvalue weighted by molar-refractivity contribution is 7.10. The SMILES string of the molecule is CC(C)(CNC(=O)c1cscn1)c1cccs1. The van der Waals surface area contributed by atoms with E-state index in [1.165, 1.54) is 16.2 Å². The summed E-state index contributed by atoms with van der Waals surface area (Å²) >= 11 is 3.14. The highest BCUT2D eigenvalue weighted by Gasteiger charge is 2.22. The number of rotatable bonds is 4. The molecular formula is C12H14N2OS2. The summed E-state index contributed by atoms with van der Waals surface area (Å²) in [5.41, 5.74) is 2.12. The molecule has 0 unspecified atom stereocenters. The number of nitrogens with zero attached hydrogens (tertiary/aromatic N) is 1. The monoisotopic (exact) mass is 266 g/mol. The predicted molar refractivity (Wildman–Crippen MR) is 71.8 cm³/mol. The van der Waals surface area contributed by atoms with Gasteiger partial charge in [-0.3, -0.25) is 4.79 Å². The Morgan fingerprint density at radius 1 is 1.53 bits per heavy atom. The Balaban J connectivity index is 1.96. The molecule has 17 heavy (non-hydrogen) atoms. The third kappa shape index (κ3) is 2.92. The van der Waals surface area contributed by atoms with Crippen molar-refractivity contribution >= 4 is 28.6 Å². The smallest absolute Gasteiger partial charge is 0.270 e. The highest BCUT2D eigenvalue weighted by atomic mass is 32.1. The molecule has 0 saturated carbocycles. The molecule has 3 nitrogen and oxygen atoms in total. The summed E-state index contributed by atoms with van der Waals surface area (Å²) in [6.07, 6.45) is 0. The molecule has 90 valence electrons. The number of hydrogen-bond acceptors (Lipinski definition) is 4. The summed E-state index contributed by atoms with van der Waals surface area (Å²) in [5, 5.41) is 6.74. The van der Waals surface area contributed by atoms with Crippen LogP contribution in [-0.4, -0.2) is 17.4 Å². The molecule has 2 aromatic heterocycles. The summed E-state index contributed by atoms with van der Waals surface area (Å²) in [6.45, 7) is 4.87. The number of thiophene rings is 1. The molecule has 0 aromatic carbocycles. The van der Waals surface area contributed by atoms with Gasteiger partial charge in [0.05, 0.1) is 5.51 Å². The van der Waals surface area contributed by atoms with Crippen LogP contribution in [0.1, 0.15) is 29.2 Å². The maximum Gasteiger partial charge on any atom is 0.270 e. The highest BCUT2D eigenvalue weighted by Crippen LogP contribution is 2.26. The van der Waals surface area contributed by atoms with Crippen LogP contribution in [0.15, 0.2) is 28.4 Å². The summed E-state index contributed by atoms with van der Waals surface area (Å²) in [7, 11) is 0. The molecule has 0 bridgehead atoms. The molecule has 0 atom stereocenters. The molecule has 0 spiro atoms. The average Bonchev–Trinajstić information content (AvgIpc) is 2.97. The van der Waals surface area contributed by atoms with Crippen LogP contribution in [0.3, 0.4) is 0 Å². The second-order valence-corrected chi connectivity index (χ2v) is 6.08. The van der Waals surface area contributed by atoms with Crippen LogP contribution >= 0.6 is 22.7 Å². The van der Waals surface area contributed by atoms with Crippen LogP contribution < -0.4 is 5.32 Å². The van der Waals surface area contributed by atoms with Crippen molar-refractivity contribution in [2.75, 3.05) is 6.54 Å². The summed E-state index contributed by atoms with van der Waals surface area (Å²) in [6, 6.07) is 4.13. The lowest BCUT2D eigenvalue weighted by Gasteiger charge is -2.23. The van der Waals surface area contributed by atoms with E-state index < -0.39 is 0 Å². The van der Waals surface area contributed by atoms with Gasteiger partial charge in [0.25, 0.3) is 5.91 Å². The minimum atomic E-state index is -0.101. The Morgan fingerprint density at radius 3 is 2.94 bits per heavy atom. The van der Waals surface area contributed by atoms with Crippen molar-refractivity contribution < 1.29 is 4.79 Å². The lowest BCUT2D eigenvalue weighted by molar-refractivity contribution is 0.0941. The molecule has 0 aliphatic carbocycles. The molecule has 2 heterocycles. The number of nitrogens with one attached hydrogen (secondary N) is 1. The van der Waals surface area contributed by atoms with Gasteiger partial charge in [-0.15, -0.1) is 22.7 Å². The fourth-order valence-corrected chi connectivity index (χ4v) is 2.85. The number of aromatic nitrogens is 1. The second kappa shape index (κ2) is 4.98. The third-order valence-corrected chi connectivity index (χ3v) is 4.37. The van der Waals surface area contributed by atoms with E-state index in [0.717, 1.165) is 0 Å². The zero-order valence-corrected chi connectivity index (χ0v) is 11.4. The second-order valence-electron chi connectivity index (χ2n) is 4.42. The fourth-order valence-electron chi connectivity index (χ4n) is 1.47. The molecule has 2 rings (SSSR count). The van der Waals surface area contributed by atoms with E-state index in [0.29, 0.717) is 12.2 Å². The maximum atomic E-state index is 11.8. The van der Waals surface area contributed by atoms with E-state index in [4.69, 9.17) is 0 Å². The van der Waals surface area contributed by atoms with Crippen LogP contribution in [0.25, 0.3) is 0 Å². The molecule has 5 heteroatoms. The van der Waals surface area contributed by atoms with Gasteiger partial charge in [-0.25, -0.2) is 4.98 Å². The minimum Gasteiger partial charge on any atom is -0.350 e. The van der Waals surface area contributed by atoms with Gasteiger partial charge in [-0.1, -0.05) is 19.9 Å². The number of thiazole rings is 1. The Hall–Kier alpha value is -1.20. The molecular weight excluding hydrogens is 252 g/mol. The van der Waals surface area contributed by atoms with Gasteiger partial charge in [-0.05, 0) is 11.4 Å². The van der Waals surface area contributed by atoms with Crippen LogP contribution in [0, 0.1) is 0 Å². The number of carbonyl (C=O) groups excluding carboxylic acids is 1. The topological polar surface area (TPSA) is 42.0 Å². The molecule has 0 fully saturated rings. The van der Waals surface area contributed by atoms with Crippen molar-refractivity contribution in [3.63, 3.8) is 0 Å². The normalized spacial score (nSPS) is 11.4. The Bertz CT molecular complexity index is 475. The Morgan fingerprint density at radius 2 is 2.35 bits per heavy atom. The predicted octanol–water partition coefficient (Wildman–Crippen LogP) is 2.91. The Kier molecular flexibility index (Phi) is 3.59. The Labute approximate surface area is 109 Å². The van der Waals surface area contributed by atoms with E-state index >= 15 is 0 Å². The van der Waals surface area contributed by atoms with Gasteiger partial charge in [0.2, 0.25) is 0 Å². The van der Waals surface area contributed by atoms with Gasteiger partial charge < -0.3 is 5.32 Å². The molecule has 0 saturated heterocycles. The molecule has 0 radical (unpaired) electrons. The summed E-state index contributed by atoms with van der Waals surface area (Å²) in [5.74, 6) is -0.101. The van der Waals surface area contributed by atoms with Crippen LogP contribution in [0.4, 0.5) is 0 Å². The van der Waals surface area contributed by atoms with Crippen molar-refractivity contribution in [1.29, 1.82) is 0 Å². The van der Waals surface area contributed by atoms with E-state index in [-0.39, 0.29) is 11.3 Å². The lowest BCUT2D eigenvalue weighted by Crippen LogP contribution is -2.36. The van der Waals surface area contributed by atoms with Gasteiger partial charge in [0.1, 0.15) is 5.69 Å². The summed E-state index contributed by atoms with van der Waals surface area (Å²) in [4.78, 5) is 17.0. The quantitative estimate of drug-likeness (QED) is 0.924. The first kappa shape index (κ1) is 12.3. The largest absolute Gasteiger partial charge is 0.350 e. The van der Waals surface area contributed by atoms with Crippen LogP contribution in [0.2, 0.25) is 0 Å². The van der Waals surface area contributed by atoms with Crippen molar-refractivity contribution in [3.05, 3.63) is 39.0 Å². The standard InChI is InChI=1S/C12H14N2OS2/c1-12(2,10-4-3-5-17-10)7-13-11(15)9-6-16-8-14-9/h3-6,8H,7H2,1-2H3,(H,13,15). The van der Waals surface area contributed by atoms with Crippen LogP contribution in [-0.2, 0) is 5.41 Å². The van der Waals surface area contributed by atoms with E-state index in [1.807, 2.05) is 6.07 Å². The van der Waals surface area contributed by atoms with Crippen molar-refractivity contribution in [1.82, 2.24) is 10.3 Å². The van der Waals surface area contributed by atoms with E-state index in [2.05, 4.69) is 35.6 Å². The maximum absolute atomic E-state index is 11.8. The molecule has 0 aliphatic heterocycles. The van der Waals surface area contributed by atoms with Crippen molar-refractivity contribution in [2.24, 2.45) is 0 Å². The average molecular weight is 266 g/mol. The zero-order valence-electron chi connectivity index (χ0n) is 9.77. The number of carbonyl (C=O) groups is 1. The first-order valence-corrected chi connectivity index (χ1v) is 7.12. The number of hydrogen-bond donors (Lipinski definition) is 1. The van der Waals surface area contributed by atoms with Crippen LogP contribution in [0.5, 0.6) is 0 Å². The molecule has 2 aromatic rings. The van der Waals surface area contributed by atoms with Crippen molar-refractivity contribution in [2.45, 2.75) is 19.3 Å². The molecule has 1 N–H and O–H groups in total. The lowest BCUT2D eigenvalue weighted by atomic mass is 9.91. The van der Waals surface area contributed by atoms with Gasteiger partial charge in [0.15, 0.2) is 0 Å². The zero-order chi connectivity index (χ0) is 12.3. The molecule has 1 amide bonds. The van der Waals surface area contributed by atoms with Gasteiger partial charge >= 0.3 is 0 Å². The first-order valence-electron chi connectivity index (χ1n) is 5.30. The van der Waals surface area contributed by atoms with Crippen molar-refractivity contribution in [3.8, 4) is 0 Å². The summed E-state index contributed by atoms with van der Waals surface area (Å²) < 4.78 is 0. The van der Waals surface area contributed by atoms with E-state index in [9.17, 15) is 4.79 Å². The first-order chi connectivity index (χ1) is 8.09. The minimum absolute atomic E-state index is 0.0418. The molecule has 0 aliphatic rings. The number of amides is 1. The van der Waals surface area contributed by atoms with Gasteiger partial charge in [0, 0.05) is 22.2 Å². The third-order valence-electron chi connectivity index (χ3n) is 2.54. The van der Waals surface area contributed by atoms with E-state index in [1.54, 1.807) is 22.2 Å².